The van der Waals surface area contributed by atoms with E-state index in [-0.39, 0.29) is 11.3 Å². The molecule has 0 heterocycles. The largest absolute Gasteiger partial charge is 0.423 e. The maximum atomic E-state index is 12.5. The number of ether oxygens (including phenoxy) is 2. The van der Waals surface area contributed by atoms with Crippen molar-refractivity contribution >= 4 is 23.5 Å². The predicted octanol–water partition coefficient (Wildman–Crippen LogP) is 5.09. The van der Waals surface area contributed by atoms with Crippen molar-refractivity contribution in [3.8, 4) is 11.5 Å². The summed E-state index contributed by atoms with van der Waals surface area (Å²) in [6, 6.07) is 19.8. The van der Waals surface area contributed by atoms with Crippen molar-refractivity contribution in [3.05, 3.63) is 94.5 Å². The van der Waals surface area contributed by atoms with Crippen molar-refractivity contribution in [1.29, 1.82) is 0 Å². The molecule has 0 bridgehead atoms. The summed E-state index contributed by atoms with van der Waals surface area (Å²) in [7, 11) is 0. The van der Waals surface area contributed by atoms with Gasteiger partial charge in [-0.15, -0.1) is 0 Å². The summed E-state index contributed by atoms with van der Waals surface area (Å²) in [4.78, 5) is 24.7. The van der Waals surface area contributed by atoms with Gasteiger partial charge in [-0.2, -0.15) is 0 Å². The Kier molecular flexibility index (Phi) is 5.34. The minimum Gasteiger partial charge on any atom is -0.423 e. The maximum absolute atomic E-state index is 12.5. The number of benzene rings is 3. The highest BCUT2D eigenvalue weighted by Gasteiger charge is 2.18. The zero-order valence-corrected chi connectivity index (χ0v) is 14.7. The van der Waals surface area contributed by atoms with E-state index in [9.17, 15) is 9.59 Å². The minimum absolute atomic E-state index is 0.129. The van der Waals surface area contributed by atoms with Crippen LogP contribution in [0, 0.1) is 6.92 Å². The molecule has 3 aromatic rings. The van der Waals surface area contributed by atoms with Gasteiger partial charge in [0, 0.05) is 5.02 Å². The SMILES string of the molecule is Cc1ccc(OC(=O)c2ccccc2OC(=O)c2ccc(Cl)cc2)cc1. The van der Waals surface area contributed by atoms with E-state index >= 15 is 0 Å². The summed E-state index contributed by atoms with van der Waals surface area (Å²) in [5.74, 6) is -0.644. The molecule has 4 nitrogen and oxygen atoms in total. The number of carbonyl (C=O) groups is 2. The Balaban J connectivity index is 1.79. The number of hydrogen-bond acceptors (Lipinski definition) is 4. The third-order valence-corrected chi connectivity index (χ3v) is 3.87. The van der Waals surface area contributed by atoms with Crippen LogP contribution in [0.4, 0.5) is 0 Å². The van der Waals surface area contributed by atoms with Crippen molar-refractivity contribution in [2.75, 3.05) is 0 Å². The Bertz CT molecular complexity index is 931. The van der Waals surface area contributed by atoms with Crippen LogP contribution in [0.25, 0.3) is 0 Å². The molecule has 0 aliphatic rings. The number of rotatable bonds is 4. The Morgan fingerprint density at radius 2 is 1.42 bits per heavy atom. The average molecular weight is 367 g/mol. The van der Waals surface area contributed by atoms with E-state index in [1.807, 2.05) is 19.1 Å². The summed E-state index contributed by atoms with van der Waals surface area (Å²) in [5, 5.41) is 0.517. The van der Waals surface area contributed by atoms with E-state index < -0.39 is 11.9 Å². The topological polar surface area (TPSA) is 52.6 Å². The van der Waals surface area contributed by atoms with Crippen LogP contribution >= 0.6 is 11.6 Å². The molecular formula is C21H15ClO4. The number of esters is 2. The van der Waals surface area contributed by atoms with E-state index in [4.69, 9.17) is 21.1 Å². The van der Waals surface area contributed by atoms with Crippen LogP contribution in [0.15, 0.2) is 72.8 Å². The number of aryl methyl sites for hydroxylation is 1. The number of hydrogen-bond donors (Lipinski definition) is 0. The highest BCUT2D eigenvalue weighted by atomic mass is 35.5. The Morgan fingerprint density at radius 1 is 0.769 bits per heavy atom. The van der Waals surface area contributed by atoms with E-state index in [1.165, 1.54) is 0 Å². The first-order valence-electron chi connectivity index (χ1n) is 7.88. The molecule has 0 radical (unpaired) electrons. The average Bonchev–Trinajstić information content (AvgIpc) is 2.64. The van der Waals surface area contributed by atoms with Gasteiger partial charge >= 0.3 is 11.9 Å². The van der Waals surface area contributed by atoms with Gasteiger partial charge in [-0.25, -0.2) is 9.59 Å². The standard InChI is InChI=1S/C21H15ClO4/c1-14-6-12-17(13-7-14)25-21(24)18-4-2-3-5-19(18)26-20(23)15-8-10-16(22)11-9-15/h2-13H,1H3. The van der Waals surface area contributed by atoms with E-state index in [0.29, 0.717) is 16.3 Å². The van der Waals surface area contributed by atoms with E-state index in [1.54, 1.807) is 60.7 Å². The fourth-order valence-corrected chi connectivity index (χ4v) is 2.36. The molecule has 130 valence electrons. The van der Waals surface area contributed by atoms with Crippen LogP contribution < -0.4 is 9.47 Å². The number of para-hydroxylation sites is 1. The molecule has 3 rings (SSSR count). The van der Waals surface area contributed by atoms with Gasteiger partial charge in [0.2, 0.25) is 0 Å². The van der Waals surface area contributed by atoms with Crippen LogP contribution in [0.3, 0.4) is 0 Å². The third-order valence-electron chi connectivity index (χ3n) is 3.62. The van der Waals surface area contributed by atoms with Gasteiger partial charge in [0.15, 0.2) is 0 Å². The lowest BCUT2D eigenvalue weighted by atomic mass is 10.2. The van der Waals surface area contributed by atoms with Crippen molar-refractivity contribution in [2.45, 2.75) is 6.92 Å². The van der Waals surface area contributed by atoms with E-state index in [2.05, 4.69) is 0 Å². The molecule has 5 heteroatoms. The summed E-state index contributed by atoms with van der Waals surface area (Å²) in [6.45, 7) is 1.94. The molecular weight excluding hydrogens is 352 g/mol. The van der Waals surface area contributed by atoms with Crippen LogP contribution in [0.1, 0.15) is 26.3 Å². The van der Waals surface area contributed by atoms with Crippen LogP contribution in [0.2, 0.25) is 5.02 Å². The lowest BCUT2D eigenvalue weighted by Gasteiger charge is -2.10. The van der Waals surface area contributed by atoms with Gasteiger partial charge in [0.1, 0.15) is 17.1 Å². The summed E-state index contributed by atoms with van der Waals surface area (Å²) in [6.07, 6.45) is 0. The normalized spacial score (nSPS) is 10.2. The third kappa shape index (κ3) is 4.29. The molecule has 0 aliphatic carbocycles. The molecule has 26 heavy (non-hydrogen) atoms. The molecule has 0 N–H and O–H groups in total. The maximum Gasteiger partial charge on any atom is 0.347 e. The highest BCUT2D eigenvalue weighted by molar-refractivity contribution is 6.30. The zero-order chi connectivity index (χ0) is 18.5. The van der Waals surface area contributed by atoms with Gasteiger partial charge in [-0.3, -0.25) is 0 Å². The first-order chi connectivity index (χ1) is 12.5. The second-order valence-electron chi connectivity index (χ2n) is 5.60. The smallest absolute Gasteiger partial charge is 0.347 e. The molecule has 0 atom stereocenters. The van der Waals surface area contributed by atoms with Crippen LogP contribution in [-0.2, 0) is 0 Å². The summed E-state index contributed by atoms with van der Waals surface area (Å²) < 4.78 is 10.7. The fraction of sp³-hybridized carbons (Fsp3) is 0.0476. The van der Waals surface area contributed by atoms with Crippen molar-refractivity contribution in [1.82, 2.24) is 0 Å². The Labute approximate surface area is 155 Å². The Hall–Kier alpha value is -3.11. The predicted molar refractivity (Wildman–Crippen MR) is 99.0 cm³/mol. The first-order valence-corrected chi connectivity index (χ1v) is 8.26. The Morgan fingerprint density at radius 3 is 2.12 bits per heavy atom. The molecule has 0 fully saturated rings. The van der Waals surface area contributed by atoms with Crippen LogP contribution in [-0.4, -0.2) is 11.9 Å². The van der Waals surface area contributed by atoms with Crippen molar-refractivity contribution in [3.63, 3.8) is 0 Å². The van der Waals surface area contributed by atoms with Crippen molar-refractivity contribution in [2.24, 2.45) is 0 Å². The monoisotopic (exact) mass is 366 g/mol. The van der Waals surface area contributed by atoms with Crippen molar-refractivity contribution < 1.29 is 19.1 Å². The summed E-state index contributed by atoms with van der Waals surface area (Å²) >= 11 is 5.82. The molecule has 0 saturated carbocycles. The second-order valence-corrected chi connectivity index (χ2v) is 6.03. The molecule has 0 aromatic heterocycles. The molecule has 3 aromatic carbocycles. The minimum atomic E-state index is -0.603. The molecule has 0 unspecified atom stereocenters. The zero-order valence-electron chi connectivity index (χ0n) is 13.9. The molecule has 0 saturated heterocycles. The second kappa shape index (κ2) is 7.85. The van der Waals surface area contributed by atoms with Crippen LogP contribution in [0.5, 0.6) is 11.5 Å². The van der Waals surface area contributed by atoms with Gasteiger partial charge in [0.25, 0.3) is 0 Å². The lowest BCUT2D eigenvalue weighted by molar-refractivity contribution is 0.0707. The van der Waals surface area contributed by atoms with Gasteiger partial charge in [-0.05, 0) is 55.5 Å². The molecule has 0 aliphatic heterocycles. The fourth-order valence-electron chi connectivity index (χ4n) is 2.24. The molecule has 0 spiro atoms. The molecule has 0 amide bonds. The quantitative estimate of drug-likeness (QED) is 0.477. The highest BCUT2D eigenvalue weighted by Crippen LogP contribution is 2.22. The summed E-state index contributed by atoms with van der Waals surface area (Å²) in [5.41, 5.74) is 1.55. The van der Waals surface area contributed by atoms with E-state index in [0.717, 1.165) is 5.56 Å². The first kappa shape index (κ1) is 17.7. The van der Waals surface area contributed by atoms with Gasteiger partial charge < -0.3 is 9.47 Å². The number of carbonyl (C=O) groups excluding carboxylic acids is 2. The van der Waals surface area contributed by atoms with Gasteiger partial charge in [0.05, 0.1) is 5.56 Å². The lowest BCUT2D eigenvalue weighted by Crippen LogP contribution is -2.14. The van der Waals surface area contributed by atoms with Gasteiger partial charge in [-0.1, -0.05) is 41.4 Å². The number of halogens is 1.